The third-order valence-electron chi connectivity index (χ3n) is 5.69. The van der Waals surface area contributed by atoms with Gasteiger partial charge < -0.3 is 15.2 Å². The molecule has 0 amide bonds. The molecule has 1 aliphatic rings. The van der Waals surface area contributed by atoms with Crippen LogP contribution in [0.2, 0.25) is 0 Å². The number of nitrogens with one attached hydrogen (secondary N) is 1. The fourth-order valence-corrected chi connectivity index (χ4v) is 3.92. The largest absolute Gasteiger partial charge is 0.414 e. The van der Waals surface area contributed by atoms with Gasteiger partial charge in [0.25, 0.3) is 12.0 Å². The van der Waals surface area contributed by atoms with E-state index in [1.54, 1.807) is 0 Å². The monoisotopic (exact) mass is 488 g/mol. The van der Waals surface area contributed by atoms with E-state index in [1.165, 1.54) is 6.92 Å². The number of halogens is 6. The van der Waals surface area contributed by atoms with E-state index in [2.05, 4.69) is 15.3 Å². The summed E-state index contributed by atoms with van der Waals surface area (Å²) in [5.41, 5.74) is -5.07. The van der Waals surface area contributed by atoms with E-state index in [-0.39, 0.29) is 29.2 Å². The molecule has 0 bridgehead atoms. The summed E-state index contributed by atoms with van der Waals surface area (Å²) in [4.78, 5) is 20.7. The Morgan fingerprint density at radius 2 is 1.94 bits per heavy atom. The highest BCUT2D eigenvalue weighted by atomic mass is 19.4. The SMILES string of the molecule is Cc1nc(N[C@H](O)c2cccc(C(F)F)c2F)c2cn(C3(C(F)(F)F)CCOC3)c(=O)cc2n1. The number of hydrogen-bond donors (Lipinski definition) is 2. The molecule has 3 aromatic rings. The van der Waals surface area contributed by atoms with E-state index in [0.29, 0.717) is 4.57 Å². The van der Waals surface area contributed by atoms with Gasteiger partial charge in [0.05, 0.1) is 23.1 Å². The van der Waals surface area contributed by atoms with Gasteiger partial charge in [-0.05, 0) is 6.92 Å². The van der Waals surface area contributed by atoms with Gasteiger partial charge in [-0.25, -0.2) is 23.1 Å². The van der Waals surface area contributed by atoms with Crippen molar-refractivity contribution in [2.75, 3.05) is 18.5 Å². The molecule has 4 rings (SSSR count). The van der Waals surface area contributed by atoms with Crippen LogP contribution in [0.4, 0.5) is 32.2 Å². The summed E-state index contributed by atoms with van der Waals surface area (Å²) >= 11 is 0. The first-order valence-corrected chi connectivity index (χ1v) is 10.0. The van der Waals surface area contributed by atoms with Crippen molar-refractivity contribution < 1.29 is 36.2 Å². The summed E-state index contributed by atoms with van der Waals surface area (Å²) in [6.45, 7) is 0.451. The molecule has 1 saturated heterocycles. The number of nitrogens with zero attached hydrogens (tertiary/aromatic N) is 3. The Morgan fingerprint density at radius 1 is 1.24 bits per heavy atom. The van der Waals surface area contributed by atoms with Crippen LogP contribution >= 0.6 is 0 Å². The first kappa shape index (κ1) is 24.0. The molecule has 0 aliphatic carbocycles. The van der Waals surface area contributed by atoms with Crippen molar-refractivity contribution in [3.05, 3.63) is 63.6 Å². The molecule has 1 aromatic carbocycles. The highest BCUT2D eigenvalue weighted by Crippen LogP contribution is 2.42. The first-order valence-electron chi connectivity index (χ1n) is 10.0. The highest BCUT2D eigenvalue weighted by Gasteiger charge is 2.59. The molecule has 1 unspecified atom stereocenters. The molecule has 2 aromatic heterocycles. The van der Waals surface area contributed by atoms with Gasteiger partial charge in [0.15, 0.2) is 11.8 Å². The van der Waals surface area contributed by atoms with E-state index in [9.17, 15) is 36.2 Å². The minimum Gasteiger partial charge on any atom is -0.379 e. The van der Waals surface area contributed by atoms with Crippen LogP contribution < -0.4 is 10.9 Å². The molecule has 34 heavy (non-hydrogen) atoms. The Hall–Kier alpha value is -3.19. The van der Waals surface area contributed by atoms with Gasteiger partial charge in [-0.1, -0.05) is 18.2 Å². The first-order chi connectivity index (χ1) is 15.9. The summed E-state index contributed by atoms with van der Waals surface area (Å²) < 4.78 is 88.0. The lowest BCUT2D eigenvalue weighted by Crippen LogP contribution is -2.52. The van der Waals surface area contributed by atoms with E-state index in [0.717, 1.165) is 30.5 Å². The average Bonchev–Trinajstić information content (AvgIpc) is 3.24. The third kappa shape index (κ3) is 3.98. The van der Waals surface area contributed by atoms with Crippen molar-refractivity contribution in [1.82, 2.24) is 14.5 Å². The van der Waals surface area contributed by atoms with Gasteiger partial charge >= 0.3 is 6.18 Å². The van der Waals surface area contributed by atoms with Gasteiger partial charge in [-0.2, -0.15) is 13.2 Å². The third-order valence-corrected chi connectivity index (χ3v) is 5.69. The zero-order valence-electron chi connectivity index (χ0n) is 17.5. The Kier molecular flexibility index (Phi) is 6.02. The lowest BCUT2D eigenvalue weighted by molar-refractivity contribution is -0.214. The number of aliphatic hydroxyl groups excluding tert-OH is 1. The average molecular weight is 488 g/mol. The number of alkyl halides is 5. The van der Waals surface area contributed by atoms with Crippen LogP contribution in [0.1, 0.15) is 36.0 Å². The van der Waals surface area contributed by atoms with Crippen molar-refractivity contribution in [2.45, 2.75) is 37.7 Å². The van der Waals surface area contributed by atoms with Gasteiger partial charge in [0.2, 0.25) is 0 Å². The number of aryl methyl sites for hydroxylation is 1. The Morgan fingerprint density at radius 3 is 2.56 bits per heavy atom. The summed E-state index contributed by atoms with van der Waals surface area (Å²) in [5.74, 6) is -1.47. The van der Waals surface area contributed by atoms with Crippen molar-refractivity contribution >= 4 is 16.7 Å². The zero-order valence-corrected chi connectivity index (χ0v) is 17.5. The molecular weight excluding hydrogens is 470 g/mol. The highest BCUT2D eigenvalue weighted by molar-refractivity contribution is 5.88. The Labute approximate surface area is 188 Å². The topological polar surface area (TPSA) is 89.3 Å². The van der Waals surface area contributed by atoms with E-state index in [1.807, 2.05) is 0 Å². The standard InChI is InChI=1S/C21H18F6N4O3/c1-10-28-14-7-15(32)31(20(21(25,26)27)5-6-34-9-20)8-13(14)18(29-10)30-19(33)12-4-2-3-11(16(12)22)17(23)24/h2-4,7-8,17,19,33H,5-6,9H2,1H3,(H,28,29,30)/t19-,20?/m1/s1. The molecular formula is C21H18F6N4O3. The Balaban J connectivity index is 1.84. The zero-order chi connectivity index (χ0) is 24.8. The lowest BCUT2D eigenvalue weighted by atomic mass is 9.97. The van der Waals surface area contributed by atoms with Crippen LogP contribution in [-0.2, 0) is 10.3 Å². The fourth-order valence-electron chi connectivity index (χ4n) is 3.92. The minimum absolute atomic E-state index is 0.0264. The summed E-state index contributed by atoms with van der Waals surface area (Å²) in [5, 5.41) is 12.9. The predicted molar refractivity (Wildman–Crippen MR) is 108 cm³/mol. The van der Waals surface area contributed by atoms with Crippen molar-refractivity contribution in [3.63, 3.8) is 0 Å². The number of aliphatic hydroxyl groups is 1. The molecule has 3 heterocycles. The molecule has 7 nitrogen and oxygen atoms in total. The van der Waals surface area contributed by atoms with Crippen LogP contribution in [0, 0.1) is 12.7 Å². The molecule has 0 saturated carbocycles. The second-order valence-corrected chi connectivity index (χ2v) is 7.83. The van der Waals surface area contributed by atoms with Crippen LogP contribution in [0.5, 0.6) is 0 Å². The van der Waals surface area contributed by atoms with Crippen molar-refractivity contribution in [1.29, 1.82) is 0 Å². The quantitative estimate of drug-likeness (QED) is 0.418. The van der Waals surface area contributed by atoms with Gasteiger partial charge in [0, 0.05) is 30.9 Å². The molecule has 1 fully saturated rings. The van der Waals surface area contributed by atoms with Gasteiger partial charge in [-0.15, -0.1) is 0 Å². The number of benzene rings is 1. The second kappa shape index (κ2) is 8.55. The molecule has 182 valence electrons. The smallest absolute Gasteiger partial charge is 0.379 e. The molecule has 13 heteroatoms. The van der Waals surface area contributed by atoms with Gasteiger partial charge in [-0.3, -0.25) is 9.36 Å². The molecule has 1 aliphatic heterocycles. The number of aromatic nitrogens is 3. The Bertz CT molecular complexity index is 1290. The van der Waals surface area contributed by atoms with Crippen LogP contribution in [-0.4, -0.2) is 39.0 Å². The number of rotatable bonds is 5. The maximum Gasteiger partial charge on any atom is 0.414 e. The van der Waals surface area contributed by atoms with Crippen LogP contribution in [0.15, 0.2) is 35.3 Å². The second-order valence-electron chi connectivity index (χ2n) is 7.83. The maximum absolute atomic E-state index is 14.5. The minimum atomic E-state index is -4.82. The van der Waals surface area contributed by atoms with Gasteiger partial charge in [0.1, 0.15) is 17.5 Å². The van der Waals surface area contributed by atoms with Crippen LogP contribution in [0.25, 0.3) is 10.9 Å². The number of ether oxygens (including phenoxy) is 1. The number of fused-ring (bicyclic) bond motifs is 1. The van der Waals surface area contributed by atoms with E-state index in [4.69, 9.17) is 4.74 Å². The number of anilines is 1. The number of pyridine rings is 1. The summed E-state index contributed by atoms with van der Waals surface area (Å²) in [7, 11) is 0. The van der Waals surface area contributed by atoms with E-state index < -0.39 is 59.9 Å². The fraction of sp³-hybridized carbons (Fsp3) is 0.381. The van der Waals surface area contributed by atoms with E-state index >= 15 is 0 Å². The molecule has 0 spiro atoms. The summed E-state index contributed by atoms with van der Waals surface area (Å²) in [6, 6.07) is 3.95. The van der Waals surface area contributed by atoms with Crippen molar-refractivity contribution in [2.24, 2.45) is 0 Å². The summed E-state index contributed by atoms with van der Waals surface area (Å²) in [6.07, 6.45) is -9.43. The molecule has 2 N–H and O–H groups in total. The van der Waals surface area contributed by atoms with Crippen molar-refractivity contribution in [3.8, 4) is 0 Å². The lowest BCUT2D eigenvalue weighted by Gasteiger charge is -2.32. The molecule has 2 atom stereocenters. The normalized spacial score (nSPS) is 19.7. The van der Waals surface area contributed by atoms with Crippen LogP contribution in [0.3, 0.4) is 0 Å². The predicted octanol–water partition coefficient (Wildman–Crippen LogP) is 3.96. The maximum atomic E-state index is 14.5. The number of hydrogen-bond acceptors (Lipinski definition) is 6. The molecule has 0 radical (unpaired) electrons.